The molecule has 0 bridgehead atoms. The zero-order chi connectivity index (χ0) is 8.97. The first-order valence-corrected chi connectivity index (χ1v) is 4.12. The molecule has 4 heteroatoms. The number of nitrogens with zero attached hydrogens (tertiary/aromatic N) is 1. The van der Waals surface area contributed by atoms with Crippen molar-refractivity contribution in [2.75, 3.05) is 32.8 Å². The average Bonchev–Trinajstić information content (AvgIpc) is 2.06. The van der Waals surface area contributed by atoms with Crippen LogP contribution in [0.2, 0.25) is 0 Å². The molecule has 4 nitrogen and oxygen atoms in total. The maximum atomic E-state index is 10.7. The van der Waals surface area contributed by atoms with Crippen LogP contribution in [0.3, 0.4) is 0 Å². The van der Waals surface area contributed by atoms with E-state index >= 15 is 0 Å². The van der Waals surface area contributed by atoms with Crippen molar-refractivity contribution in [1.82, 2.24) is 4.90 Å². The van der Waals surface area contributed by atoms with Gasteiger partial charge in [-0.05, 0) is 6.92 Å². The fourth-order valence-corrected chi connectivity index (χ4v) is 1.17. The van der Waals surface area contributed by atoms with Crippen LogP contribution in [0.1, 0.15) is 6.92 Å². The molecule has 2 N–H and O–H groups in total. The lowest BCUT2D eigenvalue weighted by Crippen LogP contribution is -2.40. The lowest BCUT2D eigenvalue weighted by atomic mass is 10.1. The molecule has 12 heavy (non-hydrogen) atoms. The van der Waals surface area contributed by atoms with Gasteiger partial charge < -0.3 is 10.5 Å². The largest absolute Gasteiger partial charge is 0.379 e. The highest BCUT2D eigenvalue weighted by Gasteiger charge is 2.16. The third-order valence-corrected chi connectivity index (χ3v) is 1.99. The van der Waals surface area contributed by atoms with E-state index in [1.807, 2.05) is 0 Å². The maximum Gasteiger partial charge on any atom is 0.225 e. The minimum atomic E-state index is -0.304. The van der Waals surface area contributed by atoms with Gasteiger partial charge in [-0.15, -0.1) is 0 Å². The molecule has 0 aromatic carbocycles. The minimum absolute atomic E-state index is 0.304. The summed E-state index contributed by atoms with van der Waals surface area (Å²) in [7, 11) is 0. The Labute approximate surface area is 72.7 Å². The van der Waals surface area contributed by atoms with Crippen molar-refractivity contribution in [3.8, 4) is 0 Å². The van der Waals surface area contributed by atoms with Gasteiger partial charge in [0.05, 0.1) is 19.1 Å². The number of hydrogen-bond donors (Lipinski definition) is 1. The first-order chi connectivity index (χ1) is 5.70. The second kappa shape index (κ2) is 4.42. The monoisotopic (exact) mass is 171 g/mol. The van der Waals surface area contributed by atoms with Crippen LogP contribution in [0.15, 0.2) is 0 Å². The number of ether oxygens (including phenoxy) is 1. The molecular weight excluding hydrogens is 156 g/mol. The number of rotatable bonds is 3. The normalized spacial score (nSPS) is 19.8. The van der Waals surface area contributed by atoms with Gasteiger partial charge in [-0.1, -0.05) is 0 Å². The molecule has 0 aliphatic carbocycles. The number of primary amides is 1. The van der Waals surface area contributed by atoms with Gasteiger partial charge in [0, 0.05) is 19.6 Å². The molecule has 1 aliphatic heterocycles. The molecular formula is C8H15N2O2. The smallest absolute Gasteiger partial charge is 0.225 e. The fraction of sp³-hybridized carbons (Fsp3) is 0.750. The molecule has 0 aromatic heterocycles. The van der Waals surface area contributed by atoms with Crippen LogP contribution in [0.25, 0.3) is 0 Å². The summed E-state index contributed by atoms with van der Waals surface area (Å²) in [5, 5.41) is 0. The van der Waals surface area contributed by atoms with E-state index in [4.69, 9.17) is 10.5 Å². The highest BCUT2D eigenvalue weighted by atomic mass is 16.5. The van der Waals surface area contributed by atoms with Crippen LogP contribution in [0.4, 0.5) is 0 Å². The van der Waals surface area contributed by atoms with E-state index in [1.54, 1.807) is 6.92 Å². The van der Waals surface area contributed by atoms with E-state index in [-0.39, 0.29) is 5.91 Å². The van der Waals surface area contributed by atoms with Crippen molar-refractivity contribution in [2.45, 2.75) is 6.92 Å². The van der Waals surface area contributed by atoms with Crippen LogP contribution in [0.5, 0.6) is 0 Å². The van der Waals surface area contributed by atoms with Gasteiger partial charge in [0.2, 0.25) is 5.91 Å². The van der Waals surface area contributed by atoms with Crippen LogP contribution in [-0.2, 0) is 9.53 Å². The molecule has 1 aliphatic rings. The van der Waals surface area contributed by atoms with Gasteiger partial charge in [0.15, 0.2) is 0 Å². The quantitative estimate of drug-likeness (QED) is 0.617. The van der Waals surface area contributed by atoms with Crippen LogP contribution in [0, 0.1) is 5.92 Å². The maximum absolute atomic E-state index is 10.7. The van der Waals surface area contributed by atoms with Gasteiger partial charge in [0.25, 0.3) is 0 Å². The molecule has 1 amide bonds. The average molecular weight is 171 g/mol. The highest BCUT2D eigenvalue weighted by Crippen LogP contribution is 2.03. The van der Waals surface area contributed by atoms with Gasteiger partial charge in [0.1, 0.15) is 0 Å². The number of nitrogens with two attached hydrogens (primary N) is 1. The lowest BCUT2D eigenvalue weighted by molar-refractivity contribution is -0.116. The molecule has 0 unspecified atom stereocenters. The summed E-state index contributed by atoms with van der Waals surface area (Å²) in [5.41, 5.74) is 5.12. The summed E-state index contributed by atoms with van der Waals surface area (Å²) in [4.78, 5) is 12.9. The second-order valence-corrected chi connectivity index (χ2v) is 3.03. The van der Waals surface area contributed by atoms with E-state index in [9.17, 15) is 4.79 Å². The van der Waals surface area contributed by atoms with Crippen LogP contribution in [-0.4, -0.2) is 43.7 Å². The zero-order valence-electron chi connectivity index (χ0n) is 7.38. The lowest BCUT2D eigenvalue weighted by Gasteiger charge is -2.27. The fourth-order valence-electron chi connectivity index (χ4n) is 1.17. The van der Waals surface area contributed by atoms with Gasteiger partial charge >= 0.3 is 0 Å². The first-order valence-electron chi connectivity index (χ1n) is 4.12. The van der Waals surface area contributed by atoms with Crippen molar-refractivity contribution < 1.29 is 9.53 Å². The summed E-state index contributed by atoms with van der Waals surface area (Å²) in [6.07, 6.45) is 0. The Bertz CT molecular complexity index is 155. The zero-order valence-corrected chi connectivity index (χ0v) is 7.38. The predicted octanol–water partition coefficient (Wildman–Crippen LogP) is -0.602. The van der Waals surface area contributed by atoms with Crippen molar-refractivity contribution in [2.24, 2.45) is 5.73 Å². The Kier molecular flexibility index (Phi) is 3.49. The Hall–Kier alpha value is -0.610. The van der Waals surface area contributed by atoms with Crippen molar-refractivity contribution >= 4 is 5.91 Å². The predicted molar refractivity (Wildman–Crippen MR) is 45.4 cm³/mol. The van der Waals surface area contributed by atoms with E-state index in [0.717, 1.165) is 32.2 Å². The van der Waals surface area contributed by atoms with Crippen LogP contribution < -0.4 is 5.73 Å². The molecule has 1 rings (SSSR count). The minimum Gasteiger partial charge on any atom is -0.379 e. The molecule has 1 fully saturated rings. The highest BCUT2D eigenvalue weighted by molar-refractivity contribution is 5.88. The summed E-state index contributed by atoms with van der Waals surface area (Å²) in [6, 6.07) is 0. The van der Waals surface area contributed by atoms with Crippen molar-refractivity contribution in [1.29, 1.82) is 0 Å². The topological polar surface area (TPSA) is 55.6 Å². The third-order valence-electron chi connectivity index (χ3n) is 1.99. The molecule has 0 saturated carbocycles. The van der Waals surface area contributed by atoms with Crippen molar-refractivity contribution in [3.63, 3.8) is 0 Å². The molecule has 1 heterocycles. The van der Waals surface area contributed by atoms with Gasteiger partial charge in [-0.3, -0.25) is 9.69 Å². The van der Waals surface area contributed by atoms with E-state index in [0.29, 0.717) is 6.54 Å². The molecule has 1 radical (unpaired) electrons. The molecule has 0 aromatic rings. The summed E-state index contributed by atoms with van der Waals surface area (Å²) in [6.45, 7) is 5.75. The van der Waals surface area contributed by atoms with E-state index in [2.05, 4.69) is 4.90 Å². The summed E-state index contributed by atoms with van der Waals surface area (Å²) in [5.74, 6) is 0.415. The van der Waals surface area contributed by atoms with Gasteiger partial charge in [-0.25, -0.2) is 0 Å². The molecule has 69 valence electrons. The molecule has 0 atom stereocenters. The molecule has 1 saturated heterocycles. The van der Waals surface area contributed by atoms with Crippen molar-refractivity contribution in [3.05, 3.63) is 5.92 Å². The number of carbonyl (C=O) groups excluding carboxylic acids is 1. The van der Waals surface area contributed by atoms with Gasteiger partial charge in [-0.2, -0.15) is 0 Å². The first kappa shape index (κ1) is 9.48. The van der Waals surface area contributed by atoms with E-state index in [1.165, 1.54) is 0 Å². The standard InChI is InChI=1S/C8H15N2O2/c1-7(8(9)11)6-10-2-4-12-5-3-10/h2-6H2,1H3,(H2,9,11). The van der Waals surface area contributed by atoms with Crippen LogP contribution >= 0.6 is 0 Å². The second-order valence-electron chi connectivity index (χ2n) is 3.03. The number of hydrogen-bond acceptors (Lipinski definition) is 3. The Morgan fingerprint density at radius 3 is 2.58 bits per heavy atom. The Morgan fingerprint density at radius 2 is 2.08 bits per heavy atom. The number of carbonyl (C=O) groups is 1. The third kappa shape index (κ3) is 2.79. The Balaban J connectivity index is 2.24. The SMILES string of the molecule is C[C](CN1CCOCC1)C(N)=O. The number of amides is 1. The number of morpholine rings is 1. The Morgan fingerprint density at radius 1 is 1.50 bits per heavy atom. The summed E-state index contributed by atoms with van der Waals surface area (Å²) >= 11 is 0. The van der Waals surface area contributed by atoms with E-state index < -0.39 is 0 Å². The summed E-state index contributed by atoms with van der Waals surface area (Å²) < 4.78 is 5.17. The molecule has 0 spiro atoms.